The molecule has 1 aromatic carbocycles. The van der Waals surface area contributed by atoms with Gasteiger partial charge in [0.1, 0.15) is 5.25 Å². The molecule has 1 N–H and O–H groups in total. The third-order valence-corrected chi connectivity index (χ3v) is 8.40. The Balaban J connectivity index is 1.66. The van der Waals surface area contributed by atoms with Gasteiger partial charge in [0.25, 0.3) is 0 Å². The first kappa shape index (κ1) is 16.4. The molecule has 3 atom stereocenters. The van der Waals surface area contributed by atoms with Crippen molar-refractivity contribution in [3.63, 3.8) is 0 Å². The first-order valence-electron chi connectivity index (χ1n) is 8.01. The van der Waals surface area contributed by atoms with E-state index in [1.807, 2.05) is 35.7 Å². The van der Waals surface area contributed by atoms with Gasteiger partial charge in [-0.15, -0.1) is 22.7 Å². The fourth-order valence-corrected chi connectivity index (χ4v) is 7.53. The second-order valence-electron chi connectivity index (χ2n) is 6.11. The van der Waals surface area contributed by atoms with Gasteiger partial charge in [0.15, 0.2) is 3.95 Å². The molecule has 0 radical (unpaired) electrons. The minimum atomic E-state index is -0.428. The lowest BCUT2D eigenvalue weighted by atomic mass is 9.87. The summed E-state index contributed by atoms with van der Waals surface area (Å²) in [5.74, 6) is -0.796. The van der Waals surface area contributed by atoms with E-state index in [9.17, 15) is 9.59 Å². The van der Waals surface area contributed by atoms with Crippen LogP contribution in [0.25, 0.3) is 0 Å². The van der Waals surface area contributed by atoms with Gasteiger partial charge in [-0.25, -0.2) is 4.90 Å². The van der Waals surface area contributed by atoms with Gasteiger partial charge in [0, 0.05) is 15.7 Å². The van der Waals surface area contributed by atoms with E-state index in [4.69, 9.17) is 12.2 Å². The van der Waals surface area contributed by atoms with Crippen molar-refractivity contribution in [2.45, 2.75) is 16.2 Å². The maximum Gasteiger partial charge on any atom is 0.248 e. The van der Waals surface area contributed by atoms with Gasteiger partial charge in [-0.2, -0.15) is 0 Å². The van der Waals surface area contributed by atoms with Crippen LogP contribution in [0.5, 0.6) is 0 Å². The highest BCUT2D eigenvalue weighted by molar-refractivity contribution is 8.01. The third kappa shape index (κ3) is 2.36. The number of thioether (sulfide) groups is 1. The fraction of sp³-hybridized carbons (Fsp3) is 0.167. The topological polar surface area (TPSA) is 53.2 Å². The second-order valence-corrected chi connectivity index (χ2v) is 9.96. The Labute approximate surface area is 166 Å². The summed E-state index contributed by atoms with van der Waals surface area (Å²) in [5.41, 5.74) is 0.638. The summed E-state index contributed by atoms with van der Waals surface area (Å²) < 4.78 is 0.684. The molecule has 4 heterocycles. The quantitative estimate of drug-likeness (QED) is 0.487. The molecule has 0 saturated carbocycles. The Morgan fingerprint density at radius 3 is 2.58 bits per heavy atom. The average molecular weight is 417 g/mol. The lowest BCUT2D eigenvalue weighted by Gasteiger charge is -2.28. The number of aromatic nitrogens is 1. The minimum absolute atomic E-state index is 0.123. The average Bonchev–Trinajstić information content (AvgIpc) is 3.34. The van der Waals surface area contributed by atoms with E-state index in [0.717, 1.165) is 14.8 Å². The van der Waals surface area contributed by atoms with E-state index in [0.29, 0.717) is 9.64 Å². The molecule has 0 unspecified atom stereocenters. The molecule has 26 heavy (non-hydrogen) atoms. The lowest BCUT2D eigenvalue weighted by molar-refractivity contribution is -0.122. The van der Waals surface area contributed by atoms with Crippen molar-refractivity contribution in [3.05, 3.63) is 61.6 Å². The van der Waals surface area contributed by atoms with Gasteiger partial charge in [-0.1, -0.05) is 36.0 Å². The van der Waals surface area contributed by atoms with Crippen LogP contribution >= 0.6 is 46.7 Å². The molecule has 2 aliphatic rings. The Morgan fingerprint density at radius 2 is 1.85 bits per heavy atom. The molecule has 1 saturated heterocycles. The Morgan fingerprint density at radius 1 is 1.04 bits per heavy atom. The number of H-pyrrole nitrogens is 1. The number of rotatable bonds is 2. The standard InChI is InChI=1S/C18H12N2O2S4/c21-16-12-11(10-7-4-8-24-10)13-15(19-18(23)26-13)25-14(12)17(22)20(16)9-5-2-1-3-6-9/h1-8,11-12,14H,(H,19,23)/t11-,12+,14-/m0/s1. The van der Waals surface area contributed by atoms with Crippen molar-refractivity contribution in [1.82, 2.24) is 4.98 Å². The number of amides is 2. The number of fused-ring (bicyclic) bond motifs is 2. The normalized spacial score (nSPS) is 24.6. The smallest absolute Gasteiger partial charge is 0.248 e. The number of carbonyl (C=O) groups is 2. The van der Waals surface area contributed by atoms with Crippen LogP contribution in [-0.4, -0.2) is 22.0 Å². The highest BCUT2D eigenvalue weighted by Crippen LogP contribution is 2.54. The number of para-hydroxylation sites is 1. The molecule has 3 aromatic rings. The molecular weight excluding hydrogens is 404 g/mol. The second kappa shape index (κ2) is 6.16. The van der Waals surface area contributed by atoms with Crippen molar-refractivity contribution >= 4 is 64.2 Å². The van der Waals surface area contributed by atoms with Gasteiger partial charge in [-0.05, 0) is 35.8 Å². The number of hydrogen-bond donors (Lipinski definition) is 1. The van der Waals surface area contributed by atoms with Crippen LogP contribution in [0.1, 0.15) is 15.7 Å². The number of thiazole rings is 1. The fourth-order valence-electron chi connectivity index (χ4n) is 3.62. The zero-order chi connectivity index (χ0) is 17.8. The summed E-state index contributed by atoms with van der Waals surface area (Å²) in [6.45, 7) is 0. The predicted octanol–water partition coefficient (Wildman–Crippen LogP) is 4.66. The van der Waals surface area contributed by atoms with Crippen LogP contribution < -0.4 is 4.90 Å². The molecule has 5 rings (SSSR count). The Hall–Kier alpha value is -1.74. The van der Waals surface area contributed by atoms with Crippen LogP contribution in [-0.2, 0) is 9.59 Å². The van der Waals surface area contributed by atoms with Gasteiger partial charge in [0.2, 0.25) is 11.8 Å². The molecule has 4 nitrogen and oxygen atoms in total. The van der Waals surface area contributed by atoms with Crippen molar-refractivity contribution < 1.29 is 9.59 Å². The molecule has 2 amide bonds. The number of anilines is 1. The predicted molar refractivity (Wildman–Crippen MR) is 108 cm³/mol. The number of hydrogen-bond acceptors (Lipinski definition) is 6. The minimum Gasteiger partial charge on any atom is -0.332 e. The first-order valence-corrected chi connectivity index (χ1v) is 11.0. The van der Waals surface area contributed by atoms with Gasteiger partial charge in [0.05, 0.1) is 16.6 Å². The van der Waals surface area contributed by atoms with Gasteiger partial charge in [-0.3, -0.25) is 9.59 Å². The summed E-state index contributed by atoms with van der Waals surface area (Å²) in [6, 6.07) is 13.2. The van der Waals surface area contributed by atoms with Crippen molar-refractivity contribution in [1.29, 1.82) is 0 Å². The van der Waals surface area contributed by atoms with E-state index >= 15 is 0 Å². The summed E-state index contributed by atoms with van der Waals surface area (Å²) in [6.07, 6.45) is 0. The number of nitrogens with one attached hydrogen (secondary N) is 1. The molecule has 2 aliphatic heterocycles. The SMILES string of the molecule is O=C1[C@@H]2[C@H](c3cccs3)c3sc(=S)[nH]c3S[C@@H]2C(=O)N1c1ccccc1. The summed E-state index contributed by atoms with van der Waals surface area (Å²) in [5, 5.41) is 2.51. The largest absolute Gasteiger partial charge is 0.332 e. The maximum absolute atomic E-state index is 13.3. The molecular formula is C18H12N2O2S4. The van der Waals surface area contributed by atoms with E-state index in [-0.39, 0.29) is 17.7 Å². The molecule has 0 aliphatic carbocycles. The van der Waals surface area contributed by atoms with Crippen LogP contribution in [0.2, 0.25) is 0 Å². The zero-order valence-corrected chi connectivity index (χ0v) is 16.5. The van der Waals surface area contributed by atoms with Crippen LogP contribution in [0.15, 0.2) is 52.9 Å². The molecule has 0 bridgehead atoms. The summed E-state index contributed by atoms with van der Waals surface area (Å²) in [7, 11) is 0. The number of aromatic amines is 1. The number of benzene rings is 1. The van der Waals surface area contributed by atoms with Gasteiger partial charge < -0.3 is 4.98 Å². The number of imide groups is 1. The monoisotopic (exact) mass is 416 g/mol. The van der Waals surface area contributed by atoms with E-state index in [1.165, 1.54) is 28.0 Å². The Kier molecular flexibility index (Phi) is 3.89. The molecule has 8 heteroatoms. The molecule has 130 valence electrons. The van der Waals surface area contributed by atoms with Crippen molar-refractivity contribution in [2.75, 3.05) is 4.90 Å². The highest BCUT2D eigenvalue weighted by atomic mass is 32.2. The van der Waals surface area contributed by atoms with Gasteiger partial charge >= 0.3 is 0 Å². The highest BCUT2D eigenvalue weighted by Gasteiger charge is 2.56. The van der Waals surface area contributed by atoms with Crippen LogP contribution in [0.3, 0.4) is 0 Å². The number of nitrogens with zero attached hydrogens (tertiary/aromatic N) is 1. The molecule has 0 spiro atoms. The van der Waals surface area contributed by atoms with E-state index in [2.05, 4.69) is 4.98 Å². The molecule has 1 fully saturated rings. The van der Waals surface area contributed by atoms with Crippen molar-refractivity contribution in [3.8, 4) is 0 Å². The van der Waals surface area contributed by atoms with E-state index in [1.54, 1.807) is 23.5 Å². The third-order valence-electron chi connectivity index (χ3n) is 4.69. The number of thiophene rings is 1. The maximum atomic E-state index is 13.3. The molecule has 2 aromatic heterocycles. The summed E-state index contributed by atoms with van der Waals surface area (Å²) in [4.78, 5) is 33.2. The van der Waals surface area contributed by atoms with Crippen molar-refractivity contribution in [2.24, 2.45) is 5.92 Å². The first-order chi connectivity index (χ1) is 12.6. The zero-order valence-electron chi connectivity index (χ0n) is 13.2. The van der Waals surface area contributed by atoms with E-state index < -0.39 is 11.2 Å². The Bertz CT molecular complexity index is 1050. The van der Waals surface area contributed by atoms with Crippen LogP contribution in [0, 0.1) is 9.87 Å². The number of carbonyl (C=O) groups excluding carboxylic acids is 2. The lowest BCUT2D eigenvalue weighted by Crippen LogP contribution is -2.31. The summed E-state index contributed by atoms with van der Waals surface area (Å²) >= 11 is 9.89. The van der Waals surface area contributed by atoms with Crippen LogP contribution in [0.4, 0.5) is 5.69 Å².